The molecule has 0 saturated heterocycles. The maximum absolute atomic E-state index is 12.3. The zero-order valence-electron chi connectivity index (χ0n) is 27.5. The second kappa shape index (κ2) is 16.7. The van der Waals surface area contributed by atoms with Gasteiger partial charge in [0.25, 0.3) is 10.1 Å². The molecular formula is C30H45Cl2N7O8S. The average molecular weight is 735 g/mol. The molecule has 0 aromatic carbocycles. The lowest BCUT2D eigenvalue weighted by Crippen LogP contribution is -2.51. The van der Waals surface area contributed by atoms with Gasteiger partial charge in [0, 0.05) is 31.2 Å². The molecule has 1 aromatic rings. The third-order valence-electron chi connectivity index (χ3n) is 8.79. The van der Waals surface area contributed by atoms with Crippen molar-refractivity contribution < 1.29 is 37.6 Å². The van der Waals surface area contributed by atoms with Crippen molar-refractivity contribution in [3.8, 4) is 6.07 Å². The minimum Gasteiger partial charge on any atom is -0.481 e. The first-order chi connectivity index (χ1) is 22.3. The van der Waals surface area contributed by atoms with Gasteiger partial charge in [0.2, 0.25) is 5.91 Å². The molecule has 0 spiro atoms. The summed E-state index contributed by atoms with van der Waals surface area (Å²) in [4.78, 5) is 36.6. The van der Waals surface area contributed by atoms with Crippen molar-refractivity contribution in [3.63, 3.8) is 0 Å². The molecule has 18 heteroatoms. The second-order valence-electron chi connectivity index (χ2n) is 13.6. The molecule has 2 saturated carbocycles. The largest absolute Gasteiger partial charge is 0.481 e. The van der Waals surface area contributed by atoms with Gasteiger partial charge < -0.3 is 20.4 Å². The summed E-state index contributed by atoms with van der Waals surface area (Å²) in [7, 11) is -4.39. The van der Waals surface area contributed by atoms with Crippen LogP contribution in [0.1, 0.15) is 103 Å². The van der Waals surface area contributed by atoms with Gasteiger partial charge in [0.05, 0.1) is 39.8 Å². The molecule has 3 rings (SSSR count). The van der Waals surface area contributed by atoms with Crippen molar-refractivity contribution in [2.75, 3.05) is 13.1 Å². The zero-order valence-corrected chi connectivity index (χ0v) is 29.9. The number of azo groups is 1. The van der Waals surface area contributed by atoms with Crippen LogP contribution in [0.5, 0.6) is 0 Å². The molecule has 1 amide bonds. The van der Waals surface area contributed by atoms with Gasteiger partial charge in [-0.3, -0.25) is 18.9 Å². The van der Waals surface area contributed by atoms with Crippen molar-refractivity contribution >= 4 is 57.0 Å². The summed E-state index contributed by atoms with van der Waals surface area (Å²) in [6, 6.07) is 0.349. The van der Waals surface area contributed by atoms with Crippen LogP contribution < -0.4 is 5.32 Å². The minimum absolute atomic E-state index is 0.0244. The number of halogens is 2. The van der Waals surface area contributed by atoms with Gasteiger partial charge >= 0.3 is 11.9 Å². The number of rotatable bonds is 14. The van der Waals surface area contributed by atoms with Crippen molar-refractivity contribution in [2.24, 2.45) is 10.2 Å². The van der Waals surface area contributed by atoms with Gasteiger partial charge in [0.15, 0.2) is 5.82 Å². The highest BCUT2D eigenvalue weighted by atomic mass is 35.5. The number of alkyl halides is 2. The molecular weight excluding hydrogens is 689 g/mol. The lowest BCUT2D eigenvalue weighted by atomic mass is 9.86. The van der Waals surface area contributed by atoms with Crippen LogP contribution in [0.4, 0.5) is 5.82 Å². The second-order valence-corrected chi connectivity index (χ2v) is 16.4. The quantitative estimate of drug-likeness (QED) is 0.119. The zero-order chi connectivity index (χ0) is 36.0. The highest BCUT2D eigenvalue weighted by Gasteiger charge is 2.44. The highest BCUT2D eigenvalue weighted by Crippen LogP contribution is 2.43. The maximum atomic E-state index is 12.3. The van der Waals surface area contributed by atoms with Gasteiger partial charge in [-0.15, -0.1) is 28.3 Å². The Morgan fingerprint density at radius 3 is 2.08 bits per heavy atom. The number of amides is 1. The molecule has 5 unspecified atom stereocenters. The Bertz CT molecular complexity index is 1480. The number of carboxylic acids is 2. The molecule has 1 aromatic heterocycles. The van der Waals surface area contributed by atoms with Crippen molar-refractivity contribution in [3.05, 3.63) is 11.3 Å². The number of hydrogen-bond donors (Lipinski definition) is 4. The van der Waals surface area contributed by atoms with Crippen molar-refractivity contribution in [2.45, 2.75) is 131 Å². The number of carbonyl (C=O) groups is 3. The van der Waals surface area contributed by atoms with E-state index in [9.17, 15) is 32.6 Å². The molecule has 2 aliphatic rings. The fraction of sp³-hybridized carbons (Fsp3) is 0.767. The minimum atomic E-state index is -4.39. The third-order valence-corrected chi connectivity index (χ3v) is 10.9. The van der Waals surface area contributed by atoms with Crippen LogP contribution in [0.15, 0.2) is 10.2 Å². The van der Waals surface area contributed by atoms with E-state index in [-0.39, 0.29) is 49.0 Å². The Balaban J connectivity index is 1.96. The van der Waals surface area contributed by atoms with Crippen LogP contribution in [-0.2, 0) is 29.9 Å². The van der Waals surface area contributed by atoms with Crippen molar-refractivity contribution in [1.29, 1.82) is 5.26 Å². The van der Waals surface area contributed by atoms with Crippen molar-refractivity contribution in [1.82, 2.24) is 20.0 Å². The maximum Gasteiger partial charge on any atom is 0.303 e. The lowest BCUT2D eigenvalue weighted by Gasteiger charge is -2.40. The summed E-state index contributed by atoms with van der Waals surface area (Å²) in [6.07, 6.45) is 2.08. The van der Waals surface area contributed by atoms with Crippen LogP contribution in [0.25, 0.3) is 0 Å². The number of carboxylic acid groups (broad SMARTS) is 2. The van der Waals surface area contributed by atoms with Crippen LogP contribution in [0.2, 0.25) is 0 Å². The molecule has 5 atom stereocenters. The number of carbonyl (C=O) groups excluding carboxylic acids is 1. The van der Waals surface area contributed by atoms with E-state index in [0.717, 1.165) is 0 Å². The normalized spacial score (nSPS) is 26.8. The SMILES string of the molecule is CC(=O)NC1CC(N(CCCC(=O)O)CCCC(=O)O)CCC1N=Nc1c(C#N)c(C(C)(C)C)nn1C1C(Cl)CC(S(=O)(=O)O)CC1Cl. The van der Waals surface area contributed by atoms with Gasteiger partial charge in [-0.05, 0) is 58.0 Å². The molecule has 48 heavy (non-hydrogen) atoms. The van der Waals surface area contributed by atoms with Gasteiger partial charge in [-0.2, -0.15) is 23.9 Å². The van der Waals surface area contributed by atoms with E-state index in [2.05, 4.69) is 26.5 Å². The van der Waals surface area contributed by atoms with E-state index in [4.69, 9.17) is 38.5 Å². The number of nitriles is 1. The summed E-state index contributed by atoms with van der Waals surface area (Å²) >= 11 is 13.4. The van der Waals surface area contributed by atoms with E-state index < -0.39 is 61.6 Å². The summed E-state index contributed by atoms with van der Waals surface area (Å²) < 4.78 is 34.9. The van der Waals surface area contributed by atoms with Crippen LogP contribution in [-0.4, -0.2) is 103 Å². The molecule has 4 N–H and O–H groups in total. The Morgan fingerprint density at radius 1 is 1.06 bits per heavy atom. The average Bonchev–Trinajstić information content (AvgIpc) is 3.33. The third kappa shape index (κ3) is 10.6. The lowest BCUT2D eigenvalue weighted by molar-refractivity contribution is -0.138. The van der Waals surface area contributed by atoms with Gasteiger partial charge in [-0.1, -0.05) is 20.8 Å². The fourth-order valence-corrected chi connectivity index (χ4v) is 8.68. The van der Waals surface area contributed by atoms with E-state index in [1.807, 2.05) is 20.8 Å². The molecule has 0 radical (unpaired) electrons. The molecule has 0 bridgehead atoms. The molecule has 1 heterocycles. The topological polar surface area (TPSA) is 228 Å². The summed E-state index contributed by atoms with van der Waals surface area (Å²) in [5.41, 5.74) is -0.0232. The Hall–Kier alpha value is -2.84. The first kappa shape index (κ1) is 39.6. The molecule has 15 nitrogen and oxygen atoms in total. The van der Waals surface area contributed by atoms with E-state index in [1.54, 1.807) is 0 Å². The standard InChI is InChI=1S/C30H45Cl2N7O8S/c1-17(40)34-24-13-18(38(11-5-7-25(41)42)12-6-8-26(43)44)9-10-23(24)35-36-29-20(16-33)28(30(2,3)4)37-39(29)27-21(31)14-19(15-22(27)32)48(45,46)47/h18-19,21-24,27H,5-15H2,1-4H3,(H,34,40)(H,41,42)(H,43,44)(H,45,46,47). The monoisotopic (exact) mass is 733 g/mol. The number of nitrogens with zero attached hydrogens (tertiary/aromatic N) is 6. The van der Waals surface area contributed by atoms with Crippen LogP contribution >= 0.6 is 23.2 Å². The molecule has 2 fully saturated rings. The Labute approximate surface area is 290 Å². The van der Waals surface area contributed by atoms with Gasteiger partial charge in [0.1, 0.15) is 11.6 Å². The number of hydrogen-bond acceptors (Lipinski definition) is 10. The first-order valence-electron chi connectivity index (χ1n) is 16.0. The predicted molar refractivity (Wildman–Crippen MR) is 177 cm³/mol. The van der Waals surface area contributed by atoms with Crippen LogP contribution in [0, 0.1) is 11.3 Å². The molecule has 0 aliphatic heterocycles. The van der Waals surface area contributed by atoms with E-state index in [1.165, 1.54) is 11.6 Å². The van der Waals surface area contributed by atoms with Crippen LogP contribution in [0.3, 0.4) is 0 Å². The molecule has 268 valence electrons. The summed E-state index contributed by atoms with van der Waals surface area (Å²) in [5.74, 6) is -2.02. The van der Waals surface area contributed by atoms with Gasteiger partial charge in [-0.25, -0.2) is 4.68 Å². The summed E-state index contributed by atoms with van der Waals surface area (Å²) in [5, 5.41) is 42.4. The summed E-state index contributed by atoms with van der Waals surface area (Å²) in [6.45, 7) is 7.92. The highest BCUT2D eigenvalue weighted by molar-refractivity contribution is 7.86. The molecule has 2 aliphatic carbocycles. The smallest absolute Gasteiger partial charge is 0.303 e. The Morgan fingerprint density at radius 2 is 1.62 bits per heavy atom. The first-order valence-corrected chi connectivity index (χ1v) is 18.3. The fourth-order valence-electron chi connectivity index (χ4n) is 6.50. The van der Waals surface area contributed by atoms with E-state index in [0.29, 0.717) is 50.9 Å². The number of aliphatic carboxylic acids is 2. The number of nitrogens with one attached hydrogen (secondary N) is 1. The predicted octanol–water partition coefficient (Wildman–Crippen LogP) is 4.40. The Kier molecular flexibility index (Phi) is 13.8. The van der Waals surface area contributed by atoms with E-state index >= 15 is 0 Å². The number of aromatic nitrogens is 2.